The van der Waals surface area contributed by atoms with E-state index in [1.807, 2.05) is 18.6 Å². The Morgan fingerprint density at radius 1 is 1.59 bits per heavy atom. The van der Waals surface area contributed by atoms with Crippen molar-refractivity contribution in [2.75, 3.05) is 7.05 Å². The second-order valence-corrected chi connectivity index (χ2v) is 5.16. The van der Waals surface area contributed by atoms with Crippen molar-refractivity contribution in [1.82, 2.24) is 19.7 Å². The Hall–Kier alpha value is -1.31. The Balaban J connectivity index is 2.02. The largest absolute Gasteiger partial charge is 0.440 e. The summed E-state index contributed by atoms with van der Waals surface area (Å²) in [5.41, 5.74) is 1.13. The minimum absolute atomic E-state index is 0.619. The highest BCUT2D eigenvalue weighted by atomic mass is 32.2. The smallest absolute Gasteiger partial charge is 0.262 e. The standard InChI is InChI=1S/C10H10N4OS2/c1-11-6-7-8(17-10-12-2-4-15-10)13-9-14(7)3-5-16-9/h2-5,11H,6H2,1H3. The van der Waals surface area contributed by atoms with Gasteiger partial charge in [-0.3, -0.25) is 4.40 Å². The van der Waals surface area contributed by atoms with Gasteiger partial charge in [-0.25, -0.2) is 9.97 Å². The molecule has 3 aromatic rings. The van der Waals surface area contributed by atoms with E-state index < -0.39 is 0 Å². The summed E-state index contributed by atoms with van der Waals surface area (Å²) >= 11 is 3.07. The molecule has 0 bridgehead atoms. The van der Waals surface area contributed by atoms with Gasteiger partial charge in [-0.2, -0.15) is 0 Å². The van der Waals surface area contributed by atoms with Crippen LogP contribution in [0.1, 0.15) is 5.69 Å². The molecule has 0 spiro atoms. The van der Waals surface area contributed by atoms with Gasteiger partial charge in [0, 0.05) is 18.1 Å². The minimum Gasteiger partial charge on any atom is -0.440 e. The van der Waals surface area contributed by atoms with Crippen molar-refractivity contribution in [3.8, 4) is 0 Å². The van der Waals surface area contributed by atoms with Crippen molar-refractivity contribution >= 4 is 28.1 Å². The molecule has 3 aromatic heterocycles. The molecule has 0 radical (unpaired) electrons. The van der Waals surface area contributed by atoms with Crippen molar-refractivity contribution in [2.45, 2.75) is 16.8 Å². The first-order chi connectivity index (χ1) is 8.38. The molecule has 7 heteroatoms. The van der Waals surface area contributed by atoms with Crippen LogP contribution in [0.3, 0.4) is 0 Å². The van der Waals surface area contributed by atoms with E-state index in [9.17, 15) is 0 Å². The molecule has 0 saturated heterocycles. The zero-order valence-corrected chi connectivity index (χ0v) is 10.7. The maximum atomic E-state index is 5.23. The number of fused-ring (bicyclic) bond motifs is 1. The Kier molecular flexibility index (Phi) is 2.87. The maximum Gasteiger partial charge on any atom is 0.262 e. The number of aromatic nitrogens is 3. The van der Waals surface area contributed by atoms with E-state index in [1.54, 1.807) is 23.8 Å². The highest BCUT2D eigenvalue weighted by Gasteiger charge is 2.15. The second-order valence-electron chi connectivity index (χ2n) is 3.35. The van der Waals surface area contributed by atoms with Crippen molar-refractivity contribution in [3.63, 3.8) is 0 Å². The van der Waals surface area contributed by atoms with E-state index in [1.165, 1.54) is 11.8 Å². The van der Waals surface area contributed by atoms with E-state index in [0.29, 0.717) is 5.22 Å². The Morgan fingerprint density at radius 3 is 3.29 bits per heavy atom. The molecule has 0 amide bonds. The first-order valence-electron chi connectivity index (χ1n) is 5.05. The van der Waals surface area contributed by atoms with Crippen LogP contribution in [0.2, 0.25) is 0 Å². The molecule has 88 valence electrons. The zero-order chi connectivity index (χ0) is 11.7. The number of nitrogens with one attached hydrogen (secondary N) is 1. The molecule has 3 rings (SSSR count). The lowest BCUT2D eigenvalue weighted by Crippen LogP contribution is -2.08. The van der Waals surface area contributed by atoms with Crippen LogP contribution in [-0.2, 0) is 6.54 Å². The Labute approximate surface area is 106 Å². The van der Waals surface area contributed by atoms with E-state index in [-0.39, 0.29) is 0 Å². The highest BCUT2D eigenvalue weighted by molar-refractivity contribution is 7.99. The van der Waals surface area contributed by atoms with E-state index in [4.69, 9.17) is 4.42 Å². The molecular weight excluding hydrogens is 256 g/mol. The molecule has 0 atom stereocenters. The molecule has 5 nitrogen and oxygen atoms in total. The molecule has 0 aliphatic rings. The average Bonchev–Trinajstić information content (AvgIpc) is 2.99. The van der Waals surface area contributed by atoms with Gasteiger partial charge in [0.1, 0.15) is 11.3 Å². The first kappa shape index (κ1) is 10.8. The third-order valence-electron chi connectivity index (χ3n) is 2.26. The number of hydrogen-bond acceptors (Lipinski definition) is 6. The zero-order valence-electron chi connectivity index (χ0n) is 9.08. The van der Waals surface area contributed by atoms with Gasteiger partial charge in [0.15, 0.2) is 4.96 Å². The summed E-state index contributed by atoms with van der Waals surface area (Å²) in [4.78, 5) is 9.66. The Morgan fingerprint density at radius 2 is 2.53 bits per heavy atom. The number of hydrogen-bond donors (Lipinski definition) is 1. The van der Waals surface area contributed by atoms with Gasteiger partial charge in [0.2, 0.25) is 0 Å². The molecule has 1 N–H and O–H groups in total. The van der Waals surface area contributed by atoms with E-state index in [2.05, 4.69) is 19.7 Å². The lowest BCUT2D eigenvalue weighted by Gasteiger charge is -2.00. The normalized spacial score (nSPS) is 11.4. The molecule has 0 unspecified atom stereocenters. The summed E-state index contributed by atoms with van der Waals surface area (Å²) in [5, 5.41) is 6.74. The van der Waals surface area contributed by atoms with Gasteiger partial charge in [0.25, 0.3) is 5.22 Å². The number of imidazole rings is 1. The molecular formula is C10H10N4OS2. The summed E-state index contributed by atoms with van der Waals surface area (Å²) in [5.74, 6) is 0. The molecule has 17 heavy (non-hydrogen) atoms. The number of rotatable bonds is 4. The summed E-state index contributed by atoms with van der Waals surface area (Å²) in [6.07, 6.45) is 5.23. The van der Waals surface area contributed by atoms with Gasteiger partial charge >= 0.3 is 0 Å². The number of thiazole rings is 1. The molecule has 0 aromatic carbocycles. The van der Waals surface area contributed by atoms with E-state index >= 15 is 0 Å². The van der Waals surface area contributed by atoms with Gasteiger partial charge in [-0.15, -0.1) is 11.3 Å². The van der Waals surface area contributed by atoms with Crippen molar-refractivity contribution in [2.24, 2.45) is 0 Å². The third-order valence-corrected chi connectivity index (χ3v) is 3.92. The number of nitrogens with zero attached hydrogens (tertiary/aromatic N) is 3. The third kappa shape index (κ3) is 1.97. The summed E-state index contributed by atoms with van der Waals surface area (Å²) in [7, 11) is 1.92. The summed E-state index contributed by atoms with van der Waals surface area (Å²) < 4.78 is 7.32. The number of oxazole rings is 1. The predicted molar refractivity (Wildman–Crippen MR) is 66.5 cm³/mol. The van der Waals surface area contributed by atoms with Crippen LogP contribution >= 0.6 is 23.1 Å². The monoisotopic (exact) mass is 266 g/mol. The summed E-state index contributed by atoms with van der Waals surface area (Å²) in [6.45, 7) is 0.765. The fourth-order valence-corrected chi connectivity index (χ4v) is 3.16. The van der Waals surface area contributed by atoms with Gasteiger partial charge in [0.05, 0.1) is 11.9 Å². The van der Waals surface area contributed by atoms with Crippen LogP contribution < -0.4 is 5.32 Å². The molecule has 0 fully saturated rings. The molecule has 0 aliphatic heterocycles. The van der Waals surface area contributed by atoms with Crippen LogP contribution in [-0.4, -0.2) is 21.4 Å². The quantitative estimate of drug-likeness (QED) is 0.785. The van der Waals surface area contributed by atoms with Crippen molar-refractivity contribution in [3.05, 3.63) is 29.7 Å². The van der Waals surface area contributed by atoms with Crippen molar-refractivity contribution < 1.29 is 4.42 Å². The van der Waals surface area contributed by atoms with E-state index in [0.717, 1.165) is 22.2 Å². The predicted octanol–water partition coefficient (Wildman–Crippen LogP) is 2.25. The van der Waals surface area contributed by atoms with Gasteiger partial charge < -0.3 is 9.73 Å². The van der Waals surface area contributed by atoms with Gasteiger partial charge in [-0.1, -0.05) is 0 Å². The molecule has 0 aliphatic carbocycles. The first-order valence-corrected chi connectivity index (χ1v) is 6.74. The summed E-state index contributed by atoms with van der Waals surface area (Å²) in [6, 6.07) is 0. The Bertz CT molecular complexity index is 613. The van der Waals surface area contributed by atoms with Gasteiger partial charge in [-0.05, 0) is 18.8 Å². The fraction of sp³-hybridized carbons (Fsp3) is 0.200. The molecule has 0 saturated carbocycles. The maximum absolute atomic E-state index is 5.23. The topological polar surface area (TPSA) is 55.4 Å². The second kappa shape index (κ2) is 4.52. The minimum atomic E-state index is 0.619. The molecule has 3 heterocycles. The van der Waals surface area contributed by atoms with Crippen LogP contribution in [0.15, 0.2) is 38.7 Å². The SMILES string of the molecule is CNCc1c(Sc2ncco2)nc2sccn12. The average molecular weight is 266 g/mol. The van der Waals surface area contributed by atoms with Crippen LogP contribution in [0, 0.1) is 0 Å². The highest BCUT2D eigenvalue weighted by Crippen LogP contribution is 2.30. The van der Waals surface area contributed by atoms with Crippen LogP contribution in [0.4, 0.5) is 0 Å². The fourth-order valence-electron chi connectivity index (χ4n) is 1.57. The van der Waals surface area contributed by atoms with Crippen molar-refractivity contribution in [1.29, 1.82) is 0 Å². The van der Waals surface area contributed by atoms with Crippen LogP contribution in [0.25, 0.3) is 4.96 Å². The lowest BCUT2D eigenvalue weighted by atomic mass is 10.5. The van der Waals surface area contributed by atoms with Crippen LogP contribution in [0.5, 0.6) is 0 Å². The lowest BCUT2D eigenvalue weighted by molar-refractivity contribution is 0.454.